The smallest absolute Gasteiger partial charge is 0.276 e. The molecule has 1 aliphatic heterocycles. The van der Waals surface area contributed by atoms with Gasteiger partial charge in [-0.25, -0.2) is 0 Å². The van der Waals surface area contributed by atoms with Crippen LogP contribution in [-0.4, -0.2) is 20.1 Å². The molecule has 6 nitrogen and oxygen atoms in total. The van der Waals surface area contributed by atoms with Crippen LogP contribution in [0, 0.1) is 10.1 Å². The van der Waals surface area contributed by atoms with Crippen LogP contribution in [0.15, 0.2) is 83.8 Å². The Kier molecular flexibility index (Phi) is 6.63. The van der Waals surface area contributed by atoms with E-state index in [1.165, 1.54) is 17.8 Å². The molecule has 0 radical (unpaired) electrons. The topological polar surface area (TPSA) is 72.7 Å². The first-order chi connectivity index (χ1) is 15.5. The van der Waals surface area contributed by atoms with E-state index in [-0.39, 0.29) is 18.2 Å². The molecule has 0 bridgehead atoms. The molecule has 1 fully saturated rings. The van der Waals surface area contributed by atoms with E-state index in [0.29, 0.717) is 27.1 Å². The Morgan fingerprint density at radius 2 is 1.69 bits per heavy atom. The van der Waals surface area contributed by atoms with E-state index in [1.54, 1.807) is 41.3 Å². The molecule has 1 aliphatic rings. The van der Waals surface area contributed by atoms with E-state index in [0.717, 1.165) is 11.1 Å². The summed E-state index contributed by atoms with van der Waals surface area (Å²) in [6.07, 6.45) is 1.80. The van der Waals surface area contributed by atoms with Gasteiger partial charge in [-0.3, -0.25) is 19.8 Å². The lowest BCUT2D eigenvalue weighted by atomic mass is 10.2. The number of carbonyl (C=O) groups is 1. The minimum atomic E-state index is -0.421. The van der Waals surface area contributed by atoms with Crippen LogP contribution in [0.2, 0.25) is 0 Å². The van der Waals surface area contributed by atoms with Crippen LogP contribution in [0.25, 0.3) is 6.08 Å². The van der Waals surface area contributed by atoms with Crippen molar-refractivity contribution in [3.8, 4) is 5.75 Å². The highest BCUT2D eigenvalue weighted by atomic mass is 32.2. The largest absolute Gasteiger partial charge is 0.489 e. The molecule has 4 rings (SSSR count). The Hall–Kier alpha value is -3.49. The van der Waals surface area contributed by atoms with Crippen molar-refractivity contribution in [2.24, 2.45) is 0 Å². The number of hydrogen-bond donors (Lipinski definition) is 0. The van der Waals surface area contributed by atoms with E-state index in [2.05, 4.69) is 0 Å². The zero-order valence-corrected chi connectivity index (χ0v) is 18.5. The maximum atomic E-state index is 12.8. The lowest BCUT2D eigenvalue weighted by Gasteiger charge is -2.14. The van der Waals surface area contributed by atoms with Crippen molar-refractivity contribution >= 4 is 46.0 Å². The highest BCUT2D eigenvalue weighted by Gasteiger charge is 2.31. The third-order valence-electron chi connectivity index (χ3n) is 4.82. The molecule has 0 aromatic heterocycles. The summed E-state index contributed by atoms with van der Waals surface area (Å²) in [6.45, 7) is 0.538. The normalized spacial score (nSPS) is 14.8. The lowest BCUT2D eigenvalue weighted by molar-refractivity contribution is -0.385. The molecule has 160 valence electrons. The molecule has 0 spiro atoms. The number of nitro benzene ring substituents is 1. The number of ether oxygens (including phenoxy) is 1. The zero-order chi connectivity index (χ0) is 22.5. The summed E-state index contributed by atoms with van der Waals surface area (Å²) in [5.74, 6) is 0.470. The maximum Gasteiger partial charge on any atom is 0.276 e. The van der Waals surface area contributed by atoms with Crippen molar-refractivity contribution in [1.82, 2.24) is 4.90 Å². The van der Waals surface area contributed by atoms with Gasteiger partial charge in [-0.05, 0) is 35.4 Å². The van der Waals surface area contributed by atoms with Gasteiger partial charge < -0.3 is 4.74 Å². The fraction of sp³-hybridized carbons (Fsp3) is 0.0833. The summed E-state index contributed by atoms with van der Waals surface area (Å²) in [4.78, 5) is 25.7. The van der Waals surface area contributed by atoms with Gasteiger partial charge >= 0.3 is 0 Å². The van der Waals surface area contributed by atoms with Crippen molar-refractivity contribution in [3.63, 3.8) is 0 Å². The van der Waals surface area contributed by atoms with Crippen LogP contribution in [0.3, 0.4) is 0 Å². The summed E-state index contributed by atoms with van der Waals surface area (Å²) >= 11 is 6.69. The third kappa shape index (κ3) is 5.04. The molecule has 1 amide bonds. The molecule has 0 saturated carbocycles. The zero-order valence-electron chi connectivity index (χ0n) is 16.8. The number of nitrogens with zero attached hydrogens (tertiary/aromatic N) is 2. The standard InChI is InChI=1S/C24H18N2O4S2/c27-23-22(32-24(31)25(23)15-18-6-2-1-3-7-18)14-17-10-12-20(13-11-17)30-16-19-8-4-5-9-21(19)26(28)29/h1-14H,15-16H2/b22-14+. The van der Waals surface area contributed by atoms with Gasteiger partial charge in [-0.1, -0.05) is 78.6 Å². The van der Waals surface area contributed by atoms with Crippen molar-refractivity contribution in [2.45, 2.75) is 13.2 Å². The molecule has 32 heavy (non-hydrogen) atoms. The SMILES string of the molecule is O=C1/C(=C\c2ccc(OCc3ccccc3[N+](=O)[O-])cc2)SC(=S)N1Cc1ccccc1. The Morgan fingerprint density at radius 1 is 1.00 bits per heavy atom. The van der Waals surface area contributed by atoms with E-state index in [4.69, 9.17) is 17.0 Å². The first-order valence-electron chi connectivity index (χ1n) is 9.76. The monoisotopic (exact) mass is 462 g/mol. The number of para-hydroxylation sites is 1. The first-order valence-corrected chi connectivity index (χ1v) is 11.0. The van der Waals surface area contributed by atoms with Crippen LogP contribution >= 0.6 is 24.0 Å². The van der Waals surface area contributed by atoms with Gasteiger partial charge in [0.15, 0.2) is 0 Å². The van der Waals surface area contributed by atoms with Crippen molar-refractivity contribution in [2.75, 3.05) is 0 Å². The molecule has 0 aliphatic carbocycles. The summed E-state index contributed by atoms with van der Waals surface area (Å²) in [5, 5.41) is 11.1. The molecule has 3 aromatic carbocycles. The minimum absolute atomic E-state index is 0.0293. The van der Waals surface area contributed by atoms with Crippen molar-refractivity contribution < 1.29 is 14.5 Å². The maximum absolute atomic E-state index is 12.8. The van der Waals surface area contributed by atoms with Gasteiger partial charge in [0, 0.05) is 6.07 Å². The predicted octanol–water partition coefficient (Wildman–Crippen LogP) is 5.58. The summed E-state index contributed by atoms with van der Waals surface area (Å²) in [5.41, 5.74) is 2.39. The molecule has 0 atom stereocenters. The molecule has 8 heteroatoms. The molecular formula is C24H18N2O4S2. The van der Waals surface area contributed by atoms with Crippen LogP contribution < -0.4 is 4.74 Å². The highest BCUT2D eigenvalue weighted by molar-refractivity contribution is 8.26. The number of rotatable bonds is 7. The van der Waals surface area contributed by atoms with Crippen molar-refractivity contribution in [1.29, 1.82) is 0 Å². The van der Waals surface area contributed by atoms with Gasteiger partial charge in [0.2, 0.25) is 0 Å². The van der Waals surface area contributed by atoms with Crippen LogP contribution in [-0.2, 0) is 17.9 Å². The second-order valence-corrected chi connectivity index (χ2v) is 8.67. The van der Waals surface area contributed by atoms with Gasteiger partial charge in [-0.2, -0.15) is 0 Å². The lowest BCUT2D eigenvalue weighted by Crippen LogP contribution is -2.27. The van der Waals surface area contributed by atoms with Gasteiger partial charge in [0.05, 0.1) is 21.9 Å². The number of carbonyl (C=O) groups excluding carboxylic acids is 1. The predicted molar refractivity (Wildman–Crippen MR) is 129 cm³/mol. The van der Waals surface area contributed by atoms with Crippen LogP contribution in [0.4, 0.5) is 5.69 Å². The minimum Gasteiger partial charge on any atom is -0.489 e. The molecular weight excluding hydrogens is 444 g/mol. The molecule has 0 unspecified atom stereocenters. The third-order valence-corrected chi connectivity index (χ3v) is 6.20. The van der Waals surface area contributed by atoms with Gasteiger partial charge in [0.1, 0.15) is 16.7 Å². The fourth-order valence-electron chi connectivity index (χ4n) is 3.19. The summed E-state index contributed by atoms with van der Waals surface area (Å²) < 4.78 is 6.24. The number of thioether (sulfide) groups is 1. The van der Waals surface area contributed by atoms with Gasteiger partial charge in [-0.15, -0.1) is 0 Å². The quantitative estimate of drug-likeness (QED) is 0.198. The molecule has 1 saturated heterocycles. The second kappa shape index (κ2) is 9.76. The highest BCUT2D eigenvalue weighted by Crippen LogP contribution is 2.34. The van der Waals surface area contributed by atoms with Crippen LogP contribution in [0.5, 0.6) is 5.75 Å². The fourth-order valence-corrected chi connectivity index (χ4v) is 4.44. The summed E-state index contributed by atoms with van der Waals surface area (Å²) in [6, 6.07) is 23.4. The molecule has 0 N–H and O–H groups in total. The Bertz CT molecular complexity index is 1190. The first kappa shape index (κ1) is 21.7. The number of benzene rings is 3. The van der Waals surface area contributed by atoms with E-state index in [9.17, 15) is 14.9 Å². The van der Waals surface area contributed by atoms with E-state index < -0.39 is 4.92 Å². The average Bonchev–Trinajstić information content (AvgIpc) is 3.06. The van der Waals surface area contributed by atoms with Crippen LogP contribution in [0.1, 0.15) is 16.7 Å². The number of hydrogen-bond acceptors (Lipinski definition) is 6. The van der Waals surface area contributed by atoms with E-state index in [1.807, 2.05) is 42.5 Å². The number of thiocarbonyl (C=S) groups is 1. The van der Waals surface area contributed by atoms with Crippen molar-refractivity contribution in [3.05, 3.63) is 111 Å². The Morgan fingerprint density at radius 3 is 2.41 bits per heavy atom. The molecule has 3 aromatic rings. The second-order valence-electron chi connectivity index (χ2n) is 7.00. The average molecular weight is 463 g/mol. The Labute approximate surface area is 194 Å². The number of amides is 1. The van der Waals surface area contributed by atoms with Gasteiger partial charge in [0.25, 0.3) is 11.6 Å². The molecule has 1 heterocycles. The Balaban J connectivity index is 1.42. The summed E-state index contributed by atoms with van der Waals surface area (Å²) in [7, 11) is 0. The number of nitro groups is 1. The van der Waals surface area contributed by atoms with E-state index >= 15 is 0 Å².